The number of rotatable bonds is 4. The van der Waals surface area contributed by atoms with Crippen molar-refractivity contribution in [2.45, 2.75) is 13.0 Å². The van der Waals surface area contributed by atoms with Gasteiger partial charge in [0.15, 0.2) is 0 Å². The molecule has 1 atom stereocenters. The Balaban J connectivity index is 3.01. The summed E-state index contributed by atoms with van der Waals surface area (Å²) in [5, 5.41) is 0. The number of hydrogen-bond acceptors (Lipinski definition) is 4. The molecule has 0 spiro atoms. The van der Waals surface area contributed by atoms with Crippen molar-refractivity contribution in [2.24, 2.45) is 5.73 Å². The number of nitrogens with one attached hydrogen (secondary N) is 2. The molecule has 0 aliphatic rings. The molecule has 1 aromatic carbocycles. The number of aryl methyl sites for hydroxylation is 1. The highest BCUT2D eigenvalue weighted by Crippen LogP contribution is 2.24. The van der Waals surface area contributed by atoms with Crippen molar-refractivity contribution in [1.29, 1.82) is 0 Å². The minimum Gasteiger partial charge on any atom is -0.496 e. The second kappa shape index (κ2) is 5.48. The van der Waals surface area contributed by atoms with Crippen LogP contribution in [0.4, 0.5) is 0 Å². The maximum absolute atomic E-state index is 11.6. The lowest BCUT2D eigenvalue weighted by molar-refractivity contribution is -0.123. The predicted octanol–water partition coefficient (Wildman–Crippen LogP) is 0.254. The number of nitrogens with two attached hydrogens (primary N) is 1. The molecular formula is C11H17N3O2. The average molecular weight is 223 g/mol. The molecule has 4 N–H and O–H groups in total. The third-order valence-electron chi connectivity index (χ3n) is 2.25. The molecule has 1 unspecified atom stereocenters. The molecule has 1 aromatic rings. The Morgan fingerprint density at radius 3 is 2.75 bits per heavy atom. The van der Waals surface area contributed by atoms with Gasteiger partial charge < -0.3 is 10.5 Å². The maximum Gasteiger partial charge on any atom is 0.255 e. The molecule has 0 saturated carbocycles. The van der Waals surface area contributed by atoms with Crippen LogP contribution < -0.4 is 21.3 Å². The van der Waals surface area contributed by atoms with Gasteiger partial charge in [0.2, 0.25) is 0 Å². The Morgan fingerprint density at radius 1 is 1.50 bits per heavy atom. The summed E-state index contributed by atoms with van der Waals surface area (Å²) in [5.41, 5.74) is 12.5. The van der Waals surface area contributed by atoms with Crippen LogP contribution in [-0.4, -0.2) is 20.1 Å². The van der Waals surface area contributed by atoms with Gasteiger partial charge in [-0.15, -0.1) is 0 Å². The van der Waals surface area contributed by atoms with Crippen molar-refractivity contribution in [3.63, 3.8) is 0 Å². The highest BCUT2D eigenvalue weighted by Gasteiger charge is 2.19. The lowest BCUT2D eigenvalue weighted by Crippen LogP contribution is -2.40. The Morgan fingerprint density at radius 2 is 2.19 bits per heavy atom. The van der Waals surface area contributed by atoms with Crippen molar-refractivity contribution in [3.05, 3.63) is 29.3 Å². The summed E-state index contributed by atoms with van der Waals surface area (Å²) in [6.07, 6.45) is 0. The maximum atomic E-state index is 11.6. The van der Waals surface area contributed by atoms with Gasteiger partial charge in [-0.25, -0.2) is 5.43 Å². The van der Waals surface area contributed by atoms with Gasteiger partial charge in [0.05, 0.1) is 7.11 Å². The first-order chi connectivity index (χ1) is 7.60. The molecule has 88 valence electrons. The minimum atomic E-state index is -0.748. The third kappa shape index (κ3) is 2.71. The molecule has 1 amide bonds. The second-order valence-electron chi connectivity index (χ2n) is 3.46. The zero-order valence-corrected chi connectivity index (χ0v) is 9.70. The van der Waals surface area contributed by atoms with E-state index in [1.165, 1.54) is 0 Å². The zero-order valence-electron chi connectivity index (χ0n) is 9.70. The summed E-state index contributed by atoms with van der Waals surface area (Å²) in [4.78, 5) is 11.6. The van der Waals surface area contributed by atoms with E-state index in [9.17, 15) is 4.79 Å². The van der Waals surface area contributed by atoms with Crippen LogP contribution in [0.1, 0.15) is 17.2 Å². The lowest BCUT2D eigenvalue weighted by Gasteiger charge is -2.15. The molecule has 0 aromatic heterocycles. The number of carbonyl (C=O) groups excluding carboxylic acids is 1. The van der Waals surface area contributed by atoms with Gasteiger partial charge in [0, 0.05) is 12.6 Å². The Hall–Kier alpha value is -1.59. The van der Waals surface area contributed by atoms with Gasteiger partial charge in [0.1, 0.15) is 11.8 Å². The van der Waals surface area contributed by atoms with Gasteiger partial charge in [-0.3, -0.25) is 10.2 Å². The van der Waals surface area contributed by atoms with Gasteiger partial charge in [-0.1, -0.05) is 17.7 Å². The van der Waals surface area contributed by atoms with Crippen LogP contribution in [0.3, 0.4) is 0 Å². The zero-order chi connectivity index (χ0) is 12.1. The van der Waals surface area contributed by atoms with Crippen LogP contribution >= 0.6 is 0 Å². The number of carbonyl (C=O) groups is 1. The molecule has 0 bridgehead atoms. The highest BCUT2D eigenvalue weighted by atomic mass is 16.5. The summed E-state index contributed by atoms with van der Waals surface area (Å²) >= 11 is 0. The van der Waals surface area contributed by atoms with Gasteiger partial charge in [-0.2, -0.15) is 0 Å². The minimum absolute atomic E-state index is 0.300. The third-order valence-corrected chi connectivity index (χ3v) is 2.25. The SMILES string of the molecule is CNNC(=O)C(N)c1cc(C)ccc1OC. The van der Waals surface area contributed by atoms with Crippen molar-refractivity contribution >= 4 is 5.91 Å². The van der Waals surface area contributed by atoms with Crippen LogP contribution in [0.5, 0.6) is 5.75 Å². The lowest BCUT2D eigenvalue weighted by atomic mass is 10.0. The predicted molar refractivity (Wildman–Crippen MR) is 61.9 cm³/mol. The normalized spacial score (nSPS) is 12.0. The number of methoxy groups -OCH3 is 1. The van der Waals surface area contributed by atoms with Crippen LogP contribution in [0, 0.1) is 6.92 Å². The first-order valence-electron chi connectivity index (χ1n) is 4.97. The fourth-order valence-corrected chi connectivity index (χ4v) is 1.44. The summed E-state index contributed by atoms with van der Waals surface area (Å²) in [6, 6.07) is 4.81. The van der Waals surface area contributed by atoms with E-state index in [1.54, 1.807) is 20.2 Å². The first-order valence-corrected chi connectivity index (χ1v) is 4.97. The largest absolute Gasteiger partial charge is 0.496 e. The topological polar surface area (TPSA) is 76.4 Å². The number of hydrogen-bond donors (Lipinski definition) is 3. The molecule has 0 fully saturated rings. The average Bonchev–Trinajstić information content (AvgIpc) is 2.28. The molecule has 0 radical (unpaired) electrons. The number of hydrazine groups is 1. The number of benzene rings is 1. The Bertz CT molecular complexity index is 379. The molecular weight excluding hydrogens is 206 g/mol. The van der Waals surface area contributed by atoms with Gasteiger partial charge in [0.25, 0.3) is 5.91 Å². The smallest absolute Gasteiger partial charge is 0.255 e. The second-order valence-corrected chi connectivity index (χ2v) is 3.46. The van der Waals surface area contributed by atoms with E-state index in [0.717, 1.165) is 5.56 Å². The van der Waals surface area contributed by atoms with Crippen molar-refractivity contribution < 1.29 is 9.53 Å². The van der Waals surface area contributed by atoms with E-state index in [1.807, 2.05) is 19.1 Å². The summed E-state index contributed by atoms with van der Waals surface area (Å²) in [7, 11) is 3.16. The molecule has 0 heterocycles. The van der Waals surface area contributed by atoms with E-state index >= 15 is 0 Å². The van der Waals surface area contributed by atoms with Crippen LogP contribution in [-0.2, 0) is 4.79 Å². The molecule has 0 aliphatic carbocycles. The Labute approximate surface area is 94.9 Å². The number of ether oxygens (including phenoxy) is 1. The van der Waals surface area contributed by atoms with E-state index in [4.69, 9.17) is 10.5 Å². The molecule has 0 aliphatic heterocycles. The molecule has 16 heavy (non-hydrogen) atoms. The van der Waals surface area contributed by atoms with E-state index in [-0.39, 0.29) is 5.91 Å². The van der Waals surface area contributed by atoms with E-state index in [0.29, 0.717) is 11.3 Å². The summed E-state index contributed by atoms with van der Waals surface area (Å²) in [6.45, 7) is 1.94. The quantitative estimate of drug-likeness (QED) is 0.640. The van der Waals surface area contributed by atoms with Gasteiger partial charge in [-0.05, 0) is 13.0 Å². The molecule has 5 nitrogen and oxygen atoms in total. The van der Waals surface area contributed by atoms with Crippen molar-refractivity contribution in [3.8, 4) is 5.75 Å². The van der Waals surface area contributed by atoms with Crippen LogP contribution in [0.15, 0.2) is 18.2 Å². The van der Waals surface area contributed by atoms with Crippen molar-refractivity contribution in [1.82, 2.24) is 10.9 Å². The monoisotopic (exact) mass is 223 g/mol. The van der Waals surface area contributed by atoms with Crippen molar-refractivity contribution in [2.75, 3.05) is 14.2 Å². The van der Waals surface area contributed by atoms with E-state index < -0.39 is 6.04 Å². The highest BCUT2D eigenvalue weighted by molar-refractivity contribution is 5.83. The van der Waals surface area contributed by atoms with Crippen LogP contribution in [0.25, 0.3) is 0 Å². The molecule has 5 heteroatoms. The molecule has 0 saturated heterocycles. The Kier molecular flexibility index (Phi) is 4.28. The molecule has 1 rings (SSSR count). The first kappa shape index (κ1) is 12.5. The summed E-state index contributed by atoms with van der Waals surface area (Å²) < 4.78 is 5.17. The van der Waals surface area contributed by atoms with E-state index in [2.05, 4.69) is 10.9 Å². The standard InChI is InChI=1S/C11H17N3O2/c1-7-4-5-9(16-3)8(6-7)10(12)11(15)14-13-2/h4-6,10,13H,12H2,1-3H3,(H,14,15). The number of amides is 1. The van der Waals surface area contributed by atoms with Crippen LogP contribution in [0.2, 0.25) is 0 Å². The van der Waals surface area contributed by atoms with Gasteiger partial charge >= 0.3 is 0 Å². The summed E-state index contributed by atoms with van der Waals surface area (Å²) in [5.74, 6) is 0.316. The fourth-order valence-electron chi connectivity index (χ4n) is 1.44. The fraction of sp³-hybridized carbons (Fsp3) is 0.364.